The van der Waals surface area contributed by atoms with Crippen LogP contribution in [0.25, 0.3) is 11.2 Å². The molecule has 2 aromatic carbocycles. The lowest BCUT2D eigenvalue weighted by molar-refractivity contribution is 0.199. The molecule has 4 rings (SSSR count). The molecule has 1 atom stereocenters. The van der Waals surface area contributed by atoms with E-state index in [0.29, 0.717) is 34.4 Å². The highest BCUT2D eigenvalue weighted by Crippen LogP contribution is 2.35. The second-order valence-corrected chi connectivity index (χ2v) is 7.03. The Balaban J connectivity index is 1.82. The molecule has 2 heterocycles. The number of aromatic nitrogens is 4. The fourth-order valence-electron chi connectivity index (χ4n) is 3.21. The lowest BCUT2D eigenvalue weighted by Crippen LogP contribution is -2.30. The first kappa shape index (κ1) is 21.0. The average molecular weight is 446 g/mol. The van der Waals surface area contributed by atoms with Crippen LogP contribution in [0.2, 0.25) is 5.02 Å². The summed E-state index contributed by atoms with van der Waals surface area (Å²) in [6.07, 6.45) is 0.428. The Morgan fingerprint density at radius 1 is 1.13 bits per heavy atom. The molecule has 160 valence electrons. The number of imidazole rings is 1. The van der Waals surface area contributed by atoms with E-state index in [4.69, 9.17) is 16.3 Å². The van der Waals surface area contributed by atoms with Crippen molar-refractivity contribution in [2.24, 2.45) is 0 Å². The monoisotopic (exact) mass is 445 g/mol. The van der Waals surface area contributed by atoms with Gasteiger partial charge in [-0.1, -0.05) is 29.8 Å². The van der Waals surface area contributed by atoms with Gasteiger partial charge in [-0.15, -0.1) is 0 Å². The minimum absolute atomic E-state index is 0.237. The molecule has 10 heteroatoms. The van der Waals surface area contributed by atoms with Crippen molar-refractivity contribution in [3.05, 3.63) is 65.3 Å². The summed E-state index contributed by atoms with van der Waals surface area (Å²) in [7, 11) is 0. The van der Waals surface area contributed by atoms with Crippen LogP contribution in [0.15, 0.2) is 48.7 Å². The van der Waals surface area contributed by atoms with Crippen molar-refractivity contribution in [1.82, 2.24) is 19.5 Å². The van der Waals surface area contributed by atoms with Gasteiger partial charge in [0.15, 0.2) is 17.3 Å². The SMILES string of the molecule is CCn1c(N(c2ccccc2Cl)C(C)O)nc2cnc(Oc3c(F)cccc3F)nc21. The van der Waals surface area contributed by atoms with E-state index in [9.17, 15) is 13.9 Å². The number of hydrogen-bond acceptors (Lipinski definition) is 6. The standard InChI is InChI=1S/C21H18ClF2N5O2/c1-3-28-19-16(11-25-20(27-19)31-18-14(23)8-6-9-15(18)24)26-21(28)29(12(2)30)17-10-5-4-7-13(17)22/h4-12,30H,3H2,1-2H3. The minimum atomic E-state index is -0.960. The lowest BCUT2D eigenvalue weighted by Gasteiger charge is -2.27. The minimum Gasteiger partial charge on any atom is -0.418 e. The summed E-state index contributed by atoms with van der Waals surface area (Å²) in [6, 6.07) is 10.2. The summed E-state index contributed by atoms with van der Waals surface area (Å²) in [5.74, 6) is -1.95. The summed E-state index contributed by atoms with van der Waals surface area (Å²) in [5, 5.41) is 10.9. The number of aliphatic hydroxyl groups excluding tert-OH is 1. The first-order valence-corrected chi connectivity index (χ1v) is 9.85. The van der Waals surface area contributed by atoms with Gasteiger partial charge >= 0.3 is 6.01 Å². The zero-order chi connectivity index (χ0) is 22.1. The molecule has 0 bridgehead atoms. The first-order valence-electron chi connectivity index (χ1n) is 9.47. The van der Waals surface area contributed by atoms with E-state index in [1.54, 1.807) is 40.7 Å². The summed E-state index contributed by atoms with van der Waals surface area (Å²) < 4.78 is 34.9. The number of para-hydroxylation sites is 2. The maximum Gasteiger partial charge on any atom is 0.324 e. The van der Waals surface area contributed by atoms with E-state index < -0.39 is 23.6 Å². The molecule has 0 spiro atoms. The third-order valence-corrected chi connectivity index (χ3v) is 4.89. The average Bonchev–Trinajstić information content (AvgIpc) is 3.09. The van der Waals surface area contributed by atoms with Gasteiger partial charge in [-0.3, -0.25) is 9.47 Å². The number of anilines is 2. The third-order valence-electron chi connectivity index (χ3n) is 4.58. The Labute approximate surface area is 181 Å². The van der Waals surface area contributed by atoms with Crippen LogP contribution in [0.1, 0.15) is 13.8 Å². The van der Waals surface area contributed by atoms with Crippen LogP contribution in [0.4, 0.5) is 20.4 Å². The third kappa shape index (κ3) is 3.89. The van der Waals surface area contributed by atoms with Gasteiger partial charge in [0.2, 0.25) is 11.7 Å². The van der Waals surface area contributed by atoms with Crippen molar-refractivity contribution in [3.63, 3.8) is 0 Å². The number of aliphatic hydroxyl groups is 1. The predicted molar refractivity (Wildman–Crippen MR) is 113 cm³/mol. The predicted octanol–water partition coefficient (Wildman–Crippen LogP) is 5.05. The number of fused-ring (bicyclic) bond motifs is 1. The Hall–Kier alpha value is -3.30. The van der Waals surface area contributed by atoms with E-state index in [1.165, 1.54) is 12.3 Å². The molecule has 31 heavy (non-hydrogen) atoms. The Morgan fingerprint density at radius 3 is 2.48 bits per heavy atom. The molecule has 1 unspecified atom stereocenters. The second-order valence-electron chi connectivity index (χ2n) is 6.62. The Morgan fingerprint density at radius 2 is 1.84 bits per heavy atom. The van der Waals surface area contributed by atoms with Crippen molar-refractivity contribution in [2.75, 3.05) is 4.90 Å². The lowest BCUT2D eigenvalue weighted by atomic mass is 10.3. The highest BCUT2D eigenvalue weighted by atomic mass is 35.5. The maximum atomic E-state index is 13.9. The van der Waals surface area contributed by atoms with E-state index >= 15 is 0 Å². The quantitative estimate of drug-likeness (QED) is 0.419. The van der Waals surface area contributed by atoms with Crippen LogP contribution in [0.5, 0.6) is 11.8 Å². The molecule has 7 nitrogen and oxygen atoms in total. The van der Waals surface area contributed by atoms with E-state index in [-0.39, 0.29) is 6.01 Å². The summed E-state index contributed by atoms with van der Waals surface area (Å²) in [4.78, 5) is 14.4. The number of hydrogen-bond donors (Lipinski definition) is 1. The number of rotatable bonds is 6. The van der Waals surface area contributed by atoms with Gasteiger partial charge < -0.3 is 9.84 Å². The molecule has 0 saturated heterocycles. The molecule has 0 aliphatic carbocycles. The molecule has 0 radical (unpaired) electrons. The number of aryl methyl sites for hydroxylation is 1. The van der Waals surface area contributed by atoms with Gasteiger partial charge in [-0.25, -0.2) is 18.7 Å². The van der Waals surface area contributed by atoms with Crippen molar-refractivity contribution in [1.29, 1.82) is 0 Å². The maximum absolute atomic E-state index is 13.9. The van der Waals surface area contributed by atoms with Crippen LogP contribution in [-0.2, 0) is 6.54 Å². The molecule has 1 N–H and O–H groups in total. The summed E-state index contributed by atoms with van der Waals surface area (Å²) >= 11 is 6.34. The van der Waals surface area contributed by atoms with Gasteiger partial charge in [0.1, 0.15) is 11.7 Å². The molecule has 0 aliphatic rings. The largest absolute Gasteiger partial charge is 0.418 e. The van der Waals surface area contributed by atoms with Gasteiger partial charge in [0, 0.05) is 6.54 Å². The number of halogens is 3. The fourth-order valence-corrected chi connectivity index (χ4v) is 3.44. The van der Waals surface area contributed by atoms with Crippen LogP contribution in [-0.4, -0.2) is 30.9 Å². The smallest absolute Gasteiger partial charge is 0.324 e. The van der Waals surface area contributed by atoms with Crippen molar-refractivity contribution < 1.29 is 18.6 Å². The van der Waals surface area contributed by atoms with Crippen LogP contribution in [0.3, 0.4) is 0 Å². The number of benzene rings is 2. The molecule has 0 amide bonds. The zero-order valence-electron chi connectivity index (χ0n) is 16.6. The van der Waals surface area contributed by atoms with E-state index in [1.807, 2.05) is 6.92 Å². The van der Waals surface area contributed by atoms with Crippen LogP contribution >= 0.6 is 11.6 Å². The van der Waals surface area contributed by atoms with Gasteiger partial charge in [0.25, 0.3) is 0 Å². The van der Waals surface area contributed by atoms with Crippen LogP contribution < -0.4 is 9.64 Å². The number of nitrogens with zero attached hydrogens (tertiary/aromatic N) is 5. The van der Waals surface area contributed by atoms with Gasteiger partial charge in [-0.2, -0.15) is 4.98 Å². The normalized spacial score (nSPS) is 12.2. The van der Waals surface area contributed by atoms with Crippen molar-refractivity contribution in [2.45, 2.75) is 26.6 Å². The molecule has 0 aliphatic heterocycles. The Bertz CT molecular complexity index is 1230. The molecule has 0 fully saturated rings. The van der Waals surface area contributed by atoms with Gasteiger partial charge in [0.05, 0.1) is 16.9 Å². The molecule has 4 aromatic rings. The molecular weight excluding hydrogens is 428 g/mol. The summed E-state index contributed by atoms with van der Waals surface area (Å²) in [5.41, 5.74) is 1.34. The topological polar surface area (TPSA) is 76.3 Å². The van der Waals surface area contributed by atoms with E-state index in [2.05, 4.69) is 15.0 Å². The highest BCUT2D eigenvalue weighted by molar-refractivity contribution is 6.33. The van der Waals surface area contributed by atoms with Crippen molar-refractivity contribution >= 4 is 34.4 Å². The first-order chi connectivity index (χ1) is 14.9. The van der Waals surface area contributed by atoms with Gasteiger partial charge in [-0.05, 0) is 38.1 Å². The van der Waals surface area contributed by atoms with E-state index in [0.717, 1.165) is 12.1 Å². The second kappa shape index (κ2) is 8.44. The molecular formula is C21H18ClF2N5O2. The Kier molecular flexibility index (Phi) is 5.71. The molecule has 0 saturated carbocycles. The molecule has 2 aromatic heterocycles. The zero-order valence-corrected chi connectivity index (χ0v) is 17.4. The number of ether oxygens (including phenoxy) is 1. The van der Waals surface area contributed by atoms with Crippen molar-refractivity contribution in [3.8, 4) is 11.8 Å². The highest BCUT2D eigenvalue weighted by Gasteiger charge is 2.25. The summed E-state index contributed by atoms with van der Waals surface area (Å²) in [6.45, 7) is 3.89. The van der Waals surface area contributed by atoms with Crippen LogP contribution in [0, 0.1) is 11.6 Å². The fraction of sp³-hybridized carbons (Fsp3) is 0.190.